The van der Waals surface area contributed by atoms with E-state index in [1.165, 1.54) is 14.1 Å². The van der Waals surface area contributed by atoms with Crippen molar-refractivity contribution in [3.8, 4) is 5.75 Å². The number of nitrogens with one attached hydrogen (secondary N) is 3. The van der Waals surface area contributed by atoms with Crippen LogP contribution in [-0.2, 0) is 21.7 Å². The molecule has 0 bridgehead atoms. The third-order valence-corrected chi connectivity index (χ3v) is 6.43. The summed E-state index contributed by atoms with van der Waals surface area (Å²) < 4.78 is 37.6. The Bertz CT molecular complexity index is 1190. The standard InChI is InChI=1S/C22H27N5O8S/c1-23-21(30)26(2)22(31)25-18(19(28)24-17-12-27(20(17)29)36(32,33)34)15-8-10-16(11-9-15)35-13-14-6-4-3-5-7-14/h3-11,17-18,20,29H,12-13H2,1-2H3,(H,23,30)(H,24,28)(H,25,31)(H,32,33,34). The van der Waals surface area contributed by atoms with Crippen molar-refractivity contribution in [1.29, 1.82) is 0 Å². The highest BCUT2D eigenvalue weighted by molar-refractivity contribution is 7.83. The minimum Gasteiger partial charge on any atom is -0.489 e. The van der Waals surface area contributed by atoms with Gasteiger partial charge in [0.15, 0.2) is 0 Å². The van der Waals surface area contributed by atoms with Crippen molar-refractivity contribution >= 4 is 28.3 Å². The van der Waals surface area contributed by atoms with Gasteiger partial charge in [-0.05, 0) is 23.3 Å². The molecule has 0 saturated carbocycles. The molecule has 2 aromatic rings. The third kappa shape index (κ3) is 6.48. The molecule has 5 amide bonds. The van der Waals surface area contributed by atoms with Crippen LogP contribution < -0.4 is 20.7 Å². The molecule has 194 valence electrons. The van der Waals surface area contributed by atoms with Gasteiger partial charge >= 0.3 is 22.4 Å². The Labute approximate surface area is 207 Å². The average Bonchev–Trinajstić information content (AvgIpc) is 2.86. The number of imide groups is 1. The summed E-state index contributed by atoms with van der Waals surface area (Å²) in [5.41, 5.74) is 1.29. The normalized spacial score (nSPS) is 18.3. The molecule has 3 atom stereocenters. The number of benzene rings is 2. The predicted molar refractivity (Wildman–Crippen MR) is 127 cm³/mol. The van der Waals surface area contributed by atoms with Crippen molar-refractivity contribution in [3.05, 3.63) is 65.7 Å². The van der Waals surface area contributed by atoms with Crippen LogP contribution in [-0.4, -0.2) is 78.2 Å². The Hall–Kier alpha value is -3.72. The molecule has 1 fully saturated rings. The molecule has 3 rings (SSSR count). The summed E-state index contributed by atoms with van der Waals surface area (Å²) in [6.45, 7) is -0.0432. The molecule has 0 spiro atoms. The average molecular weight is 522 g/mol. The summed E-state index contributed by atoms with van der Waals surface area (Å²) in [6.07, 6.45) is -1.68. The van der Waals surface area contributed by atoms with E-state index in [4.69, 9.17) is 9.29 Å². The minimum absolute atomic E-state index is 0.321. The van der Waals surface area contributed by atoms with Crippen molar-refractivity contribution in [3.63, 3.8) is 0 Å². The van der Waals surface area contributed by atoms with Crippen LogP contribution in [0.15, 0.2) is 54.6 Å². The summed E-state index contributed by atoms with van der Waals surface area (Å²) in [5, 5.41) is 17.2. The van der Waals surface area contributed by atoms with Gasteiger partial charge in [-0.1, -0.05) is 42.5 Å². The SMILES string of the molecule is CNC(=O)N(C)C(=O)NC(C(=O)NC1CN(S(=O)(=O)O)C1O)c1ccc(OCc2ccccc2)cc1. The van der Waals surface area contributed by atoms with E-state index in [9.17, 15) is 27.9 Å². The molecule has 36 heavy (non-hydrogen) atoms. The van der Waals surface area contributed by atoms with Gasteiger partial charge in [-0.2, -0.15) is 8.42 Å². The Kier molecular flexibility index (Phi) is 8.47. The van der Waals surface area contributed by atoms with Crippen molar-refractivity contribution in [2.45, 2.75) is 24.9 Å². The number of carbonyl (C=O) groups excluding carboxylic acids is 3. The molecule has 1 saturated heterocycles. The summed E-state index contributed by atoms with van der Waals surface area (Å²) in [7, 11) is -2.08. The fraction of sp³-hybridized carbons (Fsp3) is 0.318. The lowest BCUT2D eigenvalue weighted by Gasteiger charge is -2.42. The molecule has 13 nitrogen and oxygen atoms in total. The van der Waals surface area contributed by atoms with Crippen LogP contribution in [0.4, 0.5) is 9.59 Å². The summed E-state index contributed by atoms with van der Waals surface area (Å²) >= 11 is 0. The molecule has 14 heteroatoms. The second-order valence-corrected chi connectivity index (χ2v) is 9.28. The highest BCUT2D eigenvalue weighted by Gasteiger charge is 2.46. The number of urea groups is 2. The zero-order valence-electron chi connectivity index (χ0n) is 19.5. The molecular weight excluding hydrogens is 494 g/mol. The number of amides is 5. The lowest BCUT2D eigenvalue weighted by atomic mass is 10.0. The fourth-order valence-corrected chi connectivity index (χ4v) is 4.12. The number of nitrogens with zero attached hydrogens (tertiary/aromatic N) is 2. The number of ether oxygens (including phenoxy) is 1. The number of hydrogen-bond acceptors (Lipinski definition) is 7. The Morgan fingerprint density at radius 2 is 1.75 bits per heavy atom. The number of rotatable bonds is 8. The number of aliphatic hydroxyl groups is 1. The van der Waals surface area contributed by atoms with Crippen molar-refractivity contribution in [1.82, 2.24) is 25.2 Å². The van der Waals surface area contributed by atoms with Crippen molar-refractivity contribution in [2.24, 2.45) is 0 Å². The summed E-state index contributed by atoms with van der Waals surface area (Å²) in [5.74, 6) is -0.264. The van der Waals surface area contributed by atoms with Crippen molar-refractivity contribution in [2.75, 3.05) is 20.6 Å². The summed E-state index contributed by atoms with van der Waals surface area (Å²) in [6, 6.07) is 11.9. The lowest BCUT2D eigenvalue weighted by molar-refractivity contribution is -0.129. The molecule has 0 radical (unpaired) electrons. The molecular formula is C22H27N5O8S. The van der Waals surface area contributed by atoms with Gasteiger partial charge in [0.25, 0.3) is 0 Å². The quantitative estimate of drug-likeness (QED) is 0.306. The molecule has 0 aliphatic carbocycles. The van der Waals surface area contributed by atoms with Crippen LogP contribution in [0, 0.1) is 0 Å². The summed E-state index contributed by atoms with van der Waals surface area (Å²) in [4.78, 5) is 38.1. The maximum Gasteiger partial charge on any atom is 0.338 e. The van der Waals surface area contributed by atoms with E-state index in [0.29, 0.717) is 22.2 Å². The van der Waals surface area contributed by atoms with E-state index in [1.807, 2.05) is 30.3 Å². The van der Waals surface area contributed by atoms with E-state index in [0.717, 1.165) is 10.5 Å². The number of aliphatic hydroxyl groups excluding tert-OH is 1. The van der Waals surface area contributed by atoms with Gasteiger partial charge in [-0.15, -0.1) is 4.31 Å². The smallest absolute Gasteiger partial charge is 0.338 e. The first-order valence-corrected chi connectivity index (χ1v) is 12.2. The Morgan fingerprint density at radius 1 is 1.11 bits per heavy atom. The highest BCUT2D eigenvalue weighted by Crippen LogP contribution is 2.23. The lowest BCUT2D eigenvalue weighted by Crippen LogP contribution is -2.68. The van der Waals surface area contributed by atoms with Gasteiger partial charge < -0.3 is 25.8 Å². The van der Waals surface area contributed by atoms with E-state index in [-0.39, 0.29) is 6.54 Å². The fourth-order valence-electron chi connectivity index (χ4n) is 3.35. The van der Waals surface area contributed by atoms with Crippen LogP contribution in [0.3, 0.4) is 0 Å². The van der Waals surface area contributed by atoms with E-state index >= 15 is 0 Å². The van der Waals surface area contributed by atoms with Gasteiger partial charge in [0.2, 0.25) is 5.91 Å². The zero-order valence-corrected chi connectivity index (χ0v) is 20.3. The monoisotopic (exact) mass is 521 g/mol. The number of carbonyl (C=O) groups is 3. The third-order valence-electron chi connectivity index (χ3n) is 5.47. The zero-order chi connectivity index (χ0) is 26.5. The van der Waals surface area contributed by atoms with E-state index in [2.05, 4.69) is 16.0 Å². The molecule has 5 N–H and O–H groups in total. The van der Waals surface area contributed by atoms with Crippen LogP contribution in [0.25, 0.3) is 0 Å². The highest BCUT2D eigenvalue weighted by atomic mass is 32.2. The topological polar surface area (TPSA) is 178 Å². The maximum atomic E-state index is 13.0. The van der Waals surface area contributed by atoms with E-state index in [1.54, 1.807) is 24.3 Å². The Morgan fingerprint density at radius 3 is 2.31 bits per heavy atom. The van der Waals surface area contributed by atoms with Crippen LogP contribution in [0.2, 0.25) is 0 Å². The molecule has 2 aromatic carbocycles. The van der Waals surface area contributed by atoms with Crippen molar-refractivity contribution < 1.29 is 37.2 Å². The van der Waals surface area contributed by atoms with Gasteiger partial charge in [0.05, 0.1) is 6.04 Å². The molecule has 1 heterocycles. The van der Waals surface area contributed by atoms with Crippen LogP contribution in [0.5, 0.6) is 5.75 Å². The molecule has 1 aliphatic heterocycles. The Balaban J connectivity index is 1.74. The first-order valence-electron chi connectivity index (χ1n) is 10.8. The number of hydrogen-bond donors (Lipinski definition) is 5. The molecule has 0 aromatic heterocycles. The van der Waals surface area contributed by atoms with Crippen LogP contribution in [0.1, 0.15) is 17.2 Å². The van der Waals surface area contributed by atoms with Crippen LogP contribution >= 0.6 is 0 Å². The molecule has 1 aliphatic rings. The van der Waals surface area contributed by atoms with Gasteiger partial charge in [-0.25, -0.2) is 14.5 Å². The first-order chi connectivity index (χ1) is 17.0. The van der Waals surface area contributed by atoms with Gasteiger partial charge in [0.1, 0.15) is 24.6 Å². The first kappa shape index (κ1) is 26.9. The second kappa shape index (κ2) is 11.3. The molecule has 3 unspecified atom stereocenters. The van der Waals surface area contributed by atoms with E-state index < -0.39 is 46.6 Å². The largest absolute Gasteiger partial charge is 0.489 e. The predicted octanol–water partition coefficient (Wildman–Crippen LogP) is 0.209. The van der Waals surface area contributed by atoms with Gasteiger partial charge in [-0.3, -0.25) is 9.35 Å². The van der Waals surface area contributed by atoms with Gasteiger partial charge in [0, 0.05) is 20.6 Å². The maximum absolute atomic E-state index is 13.0. The minimum atomic E-state index is -4.63. The second-order valence-electron chi connectivity index (χ2n) is 7.92.